The first-order chi connectivity index (χ1) is 12.4. The molecule has 1 fully saturated rings. The van der Waals surface area contributed by atoms with Crippen molar-refractivity contribution >= 4 is 33.4 Å². The van der Waals surface area contributed by atoms with Gasteiger partial charge in [-0.1, -0.05) is 44.4 Å². The highest BCUT2D eigenvalue weighted by Crippen LogP contribution is 2.27. The molecule has 0 atom stereocenters. The van der Waals surface area contributed by atoms with E-state index in [4.69, 9.17) is 0 Å². The van der Waals surface area contributed by atoms with E-state index < -0.39 is 10.0 Å². The second-order valence-corrected chi connectivity index (χ2v) is 10.0. The van der Waals surface area contributed by atoms with Crippen LogP contribution >= 0.6 is 11.8 Å². The van der Waals surface area contributed by atoms with Crippen LogP contribution in [0.4, 0.5) is 5.69 Å². The summed E-state index contributed by atoms with van der Waals surface area (Å²) in [5.41, 5.74) is 1.50. The van der Waals surface area contributed by atoms with Crippen LogP contribution in [0.2, 0.25) is 0 Å². The fourth-order valence-electron chi connectivity index (χ4n) is 3.27. The molecular weight excluding hydrogens is 368 g/mol. The molecule has 0 unspecified atom stereocenters. The van der Waals surface area contributed by atoms with Crippen LogP contribution in [0.3, 0.4) is 0 Å². The molecule has 0 aliphatic heterocycles. The lowest BCUT2D eigenvalue weighted by Crippen LogP contribution is -2.41. The average molecular weight is 399 g/mol. The molecule has 0 radical (unpaired) electrons. The summed E-state index contributed by atoms with van der Waals surface area (Å²) >= 11 is 1.92. The summed E-state index contributed by atoms with van der Waals surface area (Å²) in [5.74, 6) is 0.617. The van der Waals surface area contributed by atoms with Crippen molar-refractivity contribution in [3.63, 3.8) is 0 Å². The second kappa shape index (κ2) is 10.2. The number of carbonyl (C=O) groups is 1. The molecule has 1 saturated carbocycles. The van der Waals surface area contributed by atoms with E-state index in [1.54, 1.807) is 12.1 Å². The molecule has 1 aromatic rings. The molecule has 0 aromatic heterocycles. The molecule has 0 bridgehead atoms. The average Bonchev–Trinajstić information content (AvgIpc) is 2.63. The number of carbonyl (C=O) groups excluding carboxylic acids is 1. The zero-order valence-electron chi connectivity index (χ0n) is 15.7. The minimum absolute atomic E-state index is 0.177. The minimum atomic E-state index is -3.53. The van der Waals surface area contributed by atoms with E-state index in [1.807, 2.05) is 30.8 Å². The van der Waals surface area contributed by atoms with Gasteiger partial charge in [-0.3, -0.25) is 9.10 Å². The summed E-state index contributed by atoms with van der Waals surface area (Å²) in [6.45, 7) is 2.37. The summed E-state index contributed by atoms with van der Waals surface area (Å²) in [7, 11) is -3.53. The summed E-state index contributed by atoms with van der Waals surface area (Å²) < 4.78 is 25.6. The van der Waals surface area contributed by atoms with Gasteiger partial charge in [-0.2, -0.15) is 11.8 Å². The molecule has 1 N–H and O–H groups in total. The summed E-state index contributed by atoms with van der Waals surface area (Å²) in [4.78, 5) is 12.3. The fourth-order valence-corrected chi connectivity index (χ4v) is 5.38. The van der Waals surface area contributed by atoms with Crippen LogP contribution in [-0.2, 0) is 21.2 Å². The van der Waals surface area contributed by atoms with Gasteiger partial charge >= 0.3 is 0 Å². The lowest BCUT2D eigenvalue weighted by atomic mass is 10.0. The van der Waals surface area contributed by atoms with Crippen LogP contribution in [0.5, 0.6) is 0 Å². The van der Waals surface area contributed by atoms with Crippen LogP contribution in [0.1, 0.15) is 44.6 Å². The number of hydrogen-bond acceptors (Lipinski definition) is 4. The first-order valence-corrected chi connectivity index (χ1v) is 12.3. The predicted molar refractivity (Wildman–Crippen MR) is 110 cm³/mol. The summed E-state index contributed by atoms with van der Waals surface area (Å²) in [6.07, 6.45) is 8.36. The van der Waals surface area contributed by atoms with E-state index >= 15 is 0 Å². The number of sulfonamides is 1. The van der Waals surface area contributed by atoms with E-state index in [1.165, 1.54) is 36.4 Å². The molecule has 0 spiro atoms. The maximum absolute atomic E-state index is 12.3. The smallest absolute Gasteiger partial charge is 0.240 e. The first kappa shape index (κ1) is 21.1. The van der Waals surface area contributed by atoms with Crippen molar-refractivity contribution < 1.29 is 13.2 Å². The van der Waals surface area contributed by atoms with Crippen molar-refractivity contribution in [2.24, 2.45) is 0 Å². The van der Waals surface area contributed by atoms with Crippen molar-refractivity contribution in [1.82, 2.24) is 5.32 Å². The molecule has 7 heteroatoms. The van der Waals surface area contributed by atoms with Crippen LogP contribution in [-0.4, -0.2) is 44.7 Å². The molecule has 0 saturated heterocycles. The number of para-hydroxylation sites is 1. The van der Waals surface area contributed by atoms with Gasteiger partial charge in [0.2, 0.25) is 15.9 Å². The Hall–Kier alpha value is -1.21. The monoisotopic (exact) mass is 398 g/mol. The standard InChI is InChI=1S/C19H30N2O3S2/c1-3-16-9-7-8-12-18(16)21(26(2,23)24)15-19(22)20-13-14-25-17-10-5-4-6-11-17/h7-9,12,17H,3-6,10-11,13-15H2,1-2H3,(H,20,22). The Kier molecular flexibility index (Phi) is 8.28. The number of benzene rings is 1. The first-order valence-electron chi connectivity index (χ1n) is 9.35. The van der Waals surface area contributed by atoms with Gasteiger partial charge in [-0.05, 0) is 30.9 Å². The lowest BCUT2D eigenvalue weighted by Gasteiger charge is -2.24. The number of nitrogens with one attached hydrogen (secondary N) is 1. The molecule has 1 amide bonds. The molecule has 5 nitrogen and oxygen atoms in total. The van der Waals surface area contributed by atoms with Crippen molar-refractivity contribution in [3.05, 3.63) is 29.8 Å². The molecule has 1 aromatic carbocycles. The van der Waals surface area contributed by atoms with E-state index in [2.05, 4.69) is 5.32 Å². The van der Waals surface area contributed by atoms with E-state index in [0.717, 1.165) is 17.6 Å². The van der Waals surface area contributed by atoms with Gasteiger partial charge in [0.05, 0.1) is 11.9 Å². The quantitative estimate of drug-likeness (QED) is 0.649. The van der Waals surface area contributed by atoms with Gasteiger partial charge in [0.1, 0.15) is 6.54 Å². The SMILES string of the molecule is CCc1ccccc1N(CC(=O)NCCSC1CCCCC1)S(C)(=O)=O. The number of aryl methyl sites for hydroxylation is 1. The third kappa shape index (κ3) is 6.50. The Morgan fingerprint density at radius 3 is 2.58 bits per heavy atom. The largest absolute Gasteiger partial charge is 0.354 e. The van der Waals surface area contributed by atoms with Crippen molar-refractivity contribution in [1.29, 1.82) is 0 Å². The maximum Gasteiger partial charge on any atom is 0.240 e. The molecule has 1 aliphatic rings. The number of hydrogen-bond donors (Lipinski definition) is 1. The van der Waals surface area contributed by atoms with E-state index in [0.29, 0.717) is 23.9 Å². The van der Waals surface area contributed by atoms with Gasteiger partial charge < -0.3 is 5.32 Å². The Balaban J connectivity index is 1.88. The van der Waals surface area contributed by atoms with Gasteiger partial charge in [-0.25, -0.2) is 8.42 Å². The lowest BCUT2D eigenvalue weighted by molar-refractivity contribution is -0.119. The minimum Gasteiger partial charge on any atom is -0.354 e. The zero-order chi connectivity index (χ0) is 19.0. The third-order valence-corrected chi connectivity index (χ3v) is 7.17. The Bertz CT molecular complexity index is 686. The van der Waals surface area contributed by atoms with E-state index in [9.17, 15) is 13.2 Å². The van der Waals surface area contributed by atoms with Gasteiger partial charge in [-0.15, -0.1) is 0 Å². The molecule has 146 valence electrons. The molecular formula is C19H30N2O3S2. The highest BCUT2D eigenvalue weighted by Gasteiger charge is 2.22. The molecule has 2 rings (SSSR count). The Labute approximate surface area is 162 Å². The Morgan fingerprint density at radius 2 is 1.92 bits per heavy atom. The topological polar surface area (TPSA) is 66.5 Å². The third-order valence-electron chi connectivity index (χ3n) is 4.66. The number of rotatable bonds is 9. The predicted octanol–water partition coefficient (Wildman–Crippen LogP) is 3.20. The fraction of sp³-hybridized carbons (Fsp3) is 0.632. The van der Waals surface area contributed by atoms with Crippen molar-refractivity contribution in [2.45, 2.75) is 50.7 Å². The highest BCUT2D eigenvalue weighted by molar-refractivity contribution is 7.99. The van der Waals surface area contributed by atoms with Crippen LogP contribution in [0.15, 0.2) is 24.3 Å². The van der Waals surface area contributed by atoms with E-state index in [-0.39, 0.29) is 12.5 Å². The zero-order valence-corrected chi connectivity index (χ0v) is 17.4. The van der Waals surface area contributed by atoms with Gasteiger partial charge in [0.25, 0.3) is 0 Å². The van der Waals surface area contributed by atoms with Crippen molar-refractivity contribution in [3.8, 4) is 0 Å². The van der Waals surface area contributed by atoms with Crippen LogP contribution in [0, 0.1) is 0 Å². The van der Waals surface area contributed by atoms with Crippen molar-refractivity contribution in [2.75, 3.05) is 29.4 Å². The Morgan fingerprint density at radius 1 is 1.23 bits per heavy atom. The number of anilines is 1. The molecule has 0 heterocycles. The summed E-state index contributed by atoms with van der Waals surface area (Å²) in [5, 5.41) is 3.58. The van der Waals surface area contributed by atoms with Crippen LogP contribution < -0.4 is 9.62 Å². The van der Waals surface area contributed by atoms with Gasteiger partial charge in [0.15, 0.2) is 0 Å². The second-order valence-electron chi connectivity index (χ2n) is 6.73. The number of nitrogens with zero attached hydrogens (tertiary/aromatic N) is 1. The number of thioether (sulfide) groups is 1. The molecule has 26 heavy (non-hydrogen) atoms. The summed E-state index contributed by atoms with van der Waals surface area (Å²) in [6, 6.07) is 7.33. The number of amides is 1. The normalized spacial score (nSPS) is 15.6. The maximum atomic E-state index is 12.3. The van der Waals surface area contributed by atoms with Crippen LogP contribution in [0.25, 0.3) is 0 Å². The van der Waals surface area contributed by atoms with Gasteiger partial charge in [0, 0.05) is 17.5 Å². The highest BCUT2D eigenvalue weighted by atomic mass is 32.2. The molecule has 1 aliphatic carbocycles.